The van der Waals surface area contributed by atoms with E-state index in [1.165, 1.54) is 12.1 Å². The van der Waals surface area contributed by atoms with E-state index < -0.39 is 10.8 Å². The Labute approximate surface area is 186 Å². The van der Waals surface area contributed by atoms with E-state index in [1.807, 2.05) is 30.3 Å². The van der Waals surface area contributed by atoms with Crippen molar-refractivity contribution < 1.29 is 9.72 Å². The number of nitrogens with zero attached hydrogens (tertiary/aromatic N) is 4. The maximum Gasteiger partial charge on any atom is 0.269 e. The predicted octanol–water partition coefficient (Wildman–Crippen LogP) is 3.57. The molecule has 0 fully saturated rings. The van der Waals surface area contributed by atoms with Crippen LogP contribution in [0.1, 0.15) is 35.8 Å². The molecule has 162 valence electrons. The largest absolute Gasteiger partial charge is 0.383 e. The molecule has 4 rings (SSSR count). The van der Waals surface area contributed by atoms with Crippen LogP contribution in [0.4, 0.5) is 5.69 Å². The average Bonchev–Trinajstić information content (AvgIpc) is 2.78. The number of nitrogens with two attached hydrogens (primary N) is 1. The normalized spacial score (nSPS) is 20.9. The zero-order valence-corrected chi connectivity index (χ0v) is 17.9. The van der Waals surface area contributed by atoms with Crippen molar-refractivity contribution in [2.75, 3.05) is 14.1 Å². The molecule has 0 radical (unpaired) electrons. The maximum absolute atomic E-state index is 13.5. The summed E-state index contributed by atoms with van der Waals surface area (Å²) in [4.78, 5) is 24.4. The van der Waals surface area contributed by atoms with Gasteiger partial charge in [0.25, 0.3) is 5.69 Å². The van der Waals surface area contributed by atoms with Gasteiger partial charge >= 0.3 is 0 Å². The van der Waals surface area contributed by atoms with Crippen LogP contribution in [-0.4, -0.2) is 34.8 Å². The number of rotatable bonds is 4. The van der Waals surface area contributed by atoms with E-state index in [-0.39, 0.29) is 28.8 Å². The Kier molecular flexibility index (Phi) is 5.51. The number of nitro groups is 1. The van der Waals surface area contributed by atoms with E-state index in [2.05, 4.69) is 6.07 Å². The van der Waals surface area contributed by atoms with Crippen molar-refractivity contribution in [1.29, 1.82) is 5.26 Å². The quantitative estimate of drug-likeness (QED) is 0.583. The van der Waals surface area contributed by atoms with Crippen LogP contribution < -0.4 is 5.73 Å². The van der Waals surface area contributed by atoms with Crippen molar-refractivity contribution in [3.8, 4) is 6.07 Å². The van der Waals surface area contributed by atoms with Crippen LogP contribution in [0.3, 0.4) is 0 Å². The molecular weight excluding hydrogens is 406 g/mol. The number of nitriles is 1. The van der Waals surface area contributed by atoms with Gasteiger partial charge in [0, 0.05) is 43.9 Å². The molecule has 8 heteroatoms. The molecule has 1 aliphatic heterocycles. The van der Waals surface area contributed by atoms with Gasteiger partial charge in [-0.2, -0.15) is 5.26 Å². The smallest absolute Gasteiger partial charge is 0.269 e. The summed E-state index contributed by atoms with van der Waals surface area (Å²) < 4.78 is 0. The highest BCUT2D eigenvalue weighted by atomic mass is 16.6. The van der Waals surface area contributed by atoms with Gasteiger partial charge in [-0.15, -0.1) is 0 Å². The predicted molar refractivity (Wildman–Crippen MR) is 119 cm³/mol. The van der Waals surface area contributed by atoms with E-state index in [9.17, 15) is 20.2 Å². The Hall–Kier alpha value is -3.96. The van der Waals surface area contributed by atoms with Crippen LogP contribution in [0.15, 0.2) is 77.3 Å². The molecule has 1 aliphatic carbocycles. The summed E-state index contributed by atoms with van der Waals surface area (Å²) in [5.74, 6) is -0.611. The van der Waals surface area contributed by atoms with Crippen LogP contribution in [0, 0.1) is 21.4 Å². The molecule has 2 N–H and O–H groups in total. The van der Waals surface area contributed by atoms with Gasteiger partial charge < -0.3 is 5.73 Å². The van der Waals surface area contributed by atoms with E-state index >= 15 is 0 Å². The van der Waals surface area contributed by atoms with Gasteiger partial charge in [0.05, 0.1) is 22.5 Å². The summed E-state index contributed by atoms with van der Waals surface area (Å²) in [6, 6.07) is 18.1. The van der Waals surface area contributed by atoms with Crippen molar-refractivity contribution in [1.82, 2.24) is 10.0 Å². The summed E-state index contributed by atoms with van der Waals surface area (Å²) in [7, 11) is 3.60. The lowest BCUT2D eigenvalue weighted by molar-refractivity contribution is -0.384. The maximum atomic E-state index is 13.5. The van der Waals surface area contributed by atoms with Gasteiger partial charge in [-0.1, -0.05) is 42.5 Å². The van der Waals surface area contributed by atoms with Crippen LogP contribution in [0.25, 0.3) is 0 Å². The van der Waals surface area contributed by atoms with Crippen molar-refractivity contribution >= 4 is 11.5 Å². The number of nitro benzene ring substituents is 1. The second-order valence-corrected chi connectivity index (χ2v) is 8.15. The van der Waals surface area contributed by atoms with Crippen molar-refractivity contribution in [2.24, 2.45) is 5.73 Å². The number of allylic oxidation sites excluding steroid dienone is 3. The molecular formula is C24H23N5O3. The summed E-state index contributed by atoms with van der Waals surface area (Å²) in [6.07, 6.45) is 0.863. The number of ketones is 1. The van der Waals surface area contributed by atoms with Gasteiger partial charge in [-0.25, -0.2) is 5.01 Å². The average molecular weight is 429 g/mol. The minimum Gasteiger partial charge on any atom is -0.383 e. The molecule has 2 aliphatic rings. The third-order valence-corrected chi connectivity index (χ3v) is 6.03. The van der Waals surface area contributed by atoms with Crippen LogP contribution in [0.5, 0.6) is 0 Å². The first-order chi connectivity index (χ1) is 15.3. The van der Waals surface area contributed by atoms with E-state index in [1.54, 1.807) is 36.2 Å². The molecule has 0 saturated carbocycles. The fourth-order valence-electron chi connectivity index (χ4n) is 4.68. The number of carbonyl (C=O) groups is 1. The molecule has 2 atom stereocenters. The van der Waals surface area contributed by atoms with E-state index in [4.69, 9.17) is 5.73 Å². The van der Waals surface area contributed by atoms with Crippen LogP contribution >= 0.6 is 0 Å². The van der Waals surface area contributed by atoms with Crippen LogP contribution in [0.2, 0.25) is 0 Å². The number of hydrogen-bond acceptors (Lipinski definition) is 7. The van der Waals surface area contributed by atoms with Gasteiger partial charge in [-0.05, 0) is 23.5 Å². The topological polar surface area (TPSA) is 116 Å². The highest BCUT2D eigenvalue weighted by Gasteiger charge is 2.43. The van der Waals surface area contributed by atoms with Crippen LogP contribution in [-0.2, 0) is 4.79 Å². The number of hydrogen-bond donors (Lipinski definition) is 1. The lowest BCUT2D eigenvalue weighted by atomic mass is 9.72. The lowest BCUT2D eigenvalue weighted by Crippen LogP contribution is -2.46. The Morgan fingerprint density at radius 3 is 2.44 bits per heavy atom. The number of carbonyl (C=O) groups excluding carboxylic acids is 1. The van der Waals surface area contributed by atoms with Crippen molar-refractivity contribution in [3.63, 3.8) is 0 Å². The fraction of sp³-hybridized carbons (Fsp3) is 0.250. The van der Waals surface area contributed by atoms with Gasteiger partial charge in [0.15, 0.2) is 5.78 Å². The second-order valence-electron chi connectivity index (χ2n) is 8.15. The molecule has 2 aromatic rings. The molecule has 0 bridgehead atoms. The molecule has 0 spiro atoms. The number of non-ortho nitro benzene ring substituents is 1. The molecule has 0 aromatic heterocycles. The zero-order valence-electron chi connectivity index (χ0n) is 17.9. The number of hydrazine groups is 1. The fourth-order valence-corrected chi connectivity index (χ4v) is 4.68. The standard InChI is InChI=1S/C24H23N5O3/c1-27(2)28-20-12-17(15-7-4-3-5-8-15)13-21(30)23(20)22(19(14-25)24(28)26)16-9-6-10-18(11-16)29(31)32/h3-11,17,22H,12-13,26H2,1-2H3/t17-,22+/m0/s1. The summed E-state index contributed by atoms with van der Waals surface area (Å²) in [5, 5.41) is 24.8. The second kappa shape index (κ2) is 8.29. The first-order valence-electron chi connectivity index (χ1n) is 10.3. The monoisotopic (exact) mass is 429 g/mol. The first-order valence-corrected chi connectivity index (χ1v) is 10.3. The zero-order chi connectivity index (χ0) is 23.0. The Bertz CT molecular complexity index is 1190. The molecule has 1 heterocycles. The number of Topliss-reactive ketones (excluding diaryl/α,β-unsaturated/α-hetero) is 1. The minimum atomic E-state index is -0.740. The van der Waals surface area contributed by atoms with Crippen molar-refractivity contribution in [3.05, 3.63) is 98.5 Å². The third kappa shape index (κ3) is 3.53. The molecule has 32 heavy (non-hydrogen) atoms. The Balaban J connectivity index is 1.91. The lowest BCUT2D eigenvalue weighted by Gasteiger charge is -2.43. The van der Waals surface area contributed by atoms with Gasteiger partial charge in [-0.3, -0.25) is 19.9 Å². The van der Waals surface area contributed by atoms with E-state index in [0.29, 0.717) is 24.0 Å². The first kappa shape index (κ1) is 21.3. The SMILES string of the molecule is CN(C)N1C(N)=C(C#N)[C@@H](c2cccc([N+](=O)[O-])c2)C2=C1C[C@H](c1ccccc1)CC2=O. The summed E-state index contributed by atoms with van der Waals surface area (Å²) in [5.41, 5.74) is 9.36. The molecule has 0 unspecified atom stereocenters. The molecule has 0 amide bonds. The molecule has 8 nitrogen and oxygen atoms in total. The highest BCUT2D eigenvalue weighted by Crippen LogP contribution is 2.48. The molecule has 2 aromatic carbocycles. The summed E-state index contributed by atoms with van der Waals surface area (Å²) in [6.45, 7) is 0. The van der Waals surface area contributed by atoms with Crippen molar-refractivity contribution in [2.45, 2.75) is 24.7 Å². The van der Waals surface area contributed by atoms with Gasteiger partial charge in [0.1, 0.15) is 5.82 Å². The third-order valence-electron chi connectivity index (χ3n) is 6.03. The Morgan fingerprint density at radius 1 is 1.12 bits per heavy atom. The number of benzene rings is 2. The highest BCUT2D eigenvalue weighted by molar-refractivity contribution is 6.00. The Morgan fingerprint density at radius 2 is 1.81 bits per heavy atom. The van der Waals surface area contributed by atoms with E-state index in [0.717, 1.165) is 11.3 Å². The van der Waals surface area contributed by atoms with Gasteiger partial charge in [0.2, 0.25) is 0 Å². The molecule has 0 saturated heterocycles. The minimum absolute atomic E-state index is 0.0212. The summed E-state index contributed by atoms with van der Waals surface area (Å²) >= 11 is 0.